The first-order chi connectivity index (χ1) is 6.40. The van der Waals surface area contributed by atoms with Crippen LogP contribution in [0, 0.1) is 0 Å². The summed E-state index contributed by atoms with van der Waals surface area (Å²) < 4.78 is 0. The molecule has 1 aliphatic carbocycles. The smallest absolute Gasteiger partial charge is 0.139 e. The molecule has 0 fully saturated rings. The molecular formula is C11H13NO. The molecule has 13 heavy (non-hydrogen) atoms. The highest BCUT2D eigenvalue weighted by Gasteiger charge is 2.09. The summed E-state index contributed by atoms with van der Waals surface area (Å²) in [6.07, 6.45) is 4.55. The van der Waals surface area contributed by atoms with Gasteiger partial charge in [-0.25, -0.2) is 0 Å². The zero-order valence-corrected chi connectivity index (χ0v) is 7.55. The van der Waals surface area contributed by atoms with Crippen LogP contribution in [-0.2, 0) is 17.6 Å². The highest BCUT2D eigenvalue weighted by Crippen LogP contribution is 2.24. The van der Waals surface area contributed by atoms with Crippen molar-refractivity contribution in [1.82, 2.24) is 0 Å². The van der Waals surface area contributed by atoms with E-state index in [1.165, 1.54) is 30.4 Å². The number of carbonyl (C=O) groups excluding carboxylic acids is 1. The van der Waals surface area contributed by atoms with Gasteiger partial charge in [-0.05, 0) is 42.5 Å². The minimum atomic E-state index is 0.402. The van der Waals surface area contributed by atoms with Crippen LogP contribution in [0.3, 0.4) is 0 Å². The molecule has 0 atom stereocenters. The Morgan fingerprint density at radius 2 is 2.15 bits per heavy atom. The number of benzene rings is 1. The standard InChI is InChI=1S/C11H13NO/c13-7-6-12-11-5-4-9-2-1-3-10(9)8-11/h4-5,7-8,12H,1-3,6H2. The predicted octanol–water partition coefficient (Wildman–Crippen LogP) is 1.79. The zero-order valence-electron chi connectivity index (χ0n) is 7.55. The predicted molar refractivity (Wildman–Crippen MR) is 53.0 cm³/mol. The van der Waals surface area contributed by atoms with Crippen molar-refractivity contribution in [3.63, 3.8) is 0 Å². The van der Waals surface area contributed by atoms with Gasteiger partial charge in [0.2, 0.25) is 0 Å². The Morgan fingerprint density at radius 3 is 3.00 bits per heavy atom. The second-order valence-electron chi connectivity index (χ2n) is 3.38. The lowest BCUT2D eigenvalue weighted by atomic mass is 10.1. The fraction of sp³-hybridized carbons (Fsp3) is 0.364. The molecule has 0 aromatic heterocycles. The summed E-state index contributed by atoms with van der Waals surface area (Å²) >= 11 is 0. The number of aldehydes is 1. The van der Waals surface area contributed by atoms with Gasteiger partial charge in [0, 0.05) is 5.69 Å². The number of aryl methyl sites for hydroxylation is 2. The van der Waals surface area contributed by atoms with Crippen LogP contribution in [0.4, 0.5) is 5.69 Å². The van der Waals surface area contributed by atoms with Crippen LogP contribution in [0.15, 0.2) is 18.2 Å². The summed E-state index contributed by atoms with van der Waals surface area (Å²) in [5.41, 5.74) is 3.97. The van der Waals surface area contributed by atoms with E-state index in [9.17, 15) is 4.79 Å². The van der Waals surface area contributed by atoms with E-state index in [-0.39, 0.29) is 0 Å². The summed E-state index contributed by atoms with van der Waals surface area (Å²) in [5, 5.41) is 3.06. The molecule has 2 heteroatoms. The highest BCUT2D eigenvalue weighted by atomic mass is 16.1. The maximum Gasteiger partial charge on any atom is 0.139 e. The first-order valence-electron chi connectivity index (χ1n) is 4.69. The van der Waals surface area contributed by atoms with Crippen molar-refractivity contribution in [3.05, 3.63) is 29.3 Å². The van der Waals surface area contributed by atoms with Crippen LogP contribution in [0.5, 0.6) is 0 Å². The molecule has 68 valence electrons. The number of hydrogen-bond acceptors (Lipinski definition) is 2. The van der Waals surface area contributed by atoms with Crippen LogP contribution >= 0.6 is 0 Å². The van der Waals surface area contributed by atoms with Gasteiger partial charge in [-0.3, -0.25) is 0 Å². The van der Waals surface area contributed by atoms with E-state index in [1.807, 2.05) is 6.07 Å². The van der Waals surface area contributed by atoms with Crippen LogP contribution in [0.25, 0.3) is 0 Å². The molecule has 0 radical (unpaired) electrons. The maximum atomic E-state index is 10.1. The van der Waals surface area contributed by atoms with Crippen LogP contribution < -0.4 is 5.32 Å². The van der Waals surface area contributed by atoms with Crippen molar-refractivity contribution in [2.45, 2.75) is 19.3 Å². The van der Waals surface area contributed by atoms with Crippen molar-refractivity contribution in [1.29, 1.82) is 0 Å². The van der Waals surface area contributed by atoms with Crippen molar-refractivity contribution in [2.75, 3.05) is 11.9 Å². The minimum Gasteiger partial charge on any atom is -0.378 e. The molecular weight excluding hydrogens is 162 g/mol. The number of carbonyl (C=O) groups is 1. The van der Waals surface area contributed by atoms with Crippen molar-refractivity contribution in [3.8, 4) is 0 Å². The molecule has 0 spiro atoms. The second kappa shape index (κ2) is 3.60. The van der Waals surface area contributed by atoms with E-state index in [0.29, 0.717) is 6.54 Å². The number of anilines is 1. The zero-order chi connectivity index (χ0) is 9.10. The SMILES string of the molecule is O=CCNc1ccc2c(c1)CCC2. The summed E-state index contributed by atoms with van der Waals surface area (Å²) in [4.78, 5) is 10.1. The highest BCUT2D eigenvalue weighted by molar-refractivity contribution is 5.60. The molecule has 0 aliphatic heterocycles. The van der Waals surface area contributed by atoms with Crippen LogP contribution in [0.1, 0.15) is 17.5 Å². The number of nitrogens with one attached hydrogen (secondary N) is 1. The molecule has 0 saturated carbocycles. The minimum absolute atomic E-state index is 0.402. The quantitative estimate of drug-likeness (QED) is 0.709. The third-order valence-corrected chi connectivity index (χ3v) is 2.49. The average Bonchev–Trinajstić information content (AvgIpc) is 2.61. The summed E-state index contributed by atoms with van der Waals surface area (Å²) in [5.74, 6) is 0. The molecule has 0 saturated heterocycles. The summed E-state index contributed by atoms with van der Waals surface area (Å²) in [6.45, 7) is 0.402. The summed E-state index contributed by atoms with van der Waals surface area (Å²) in [7, 11) is 0. The Morgan fingerprint density at radius 1 is 1.31 bits per heavy atom. The Kier molecular flexibility index (Phi) is 2.30. The van der Waals surface area contributed by atoms with Crippen molar-refractivity contribution >= 4 is 12.0 Å². The Hall–Kier alpha value is -1.31. The molecule has 2 nitrogen and oxygen atoms in total. The van der Waals surface area contributed by atoms with Crippen LogP contribution in [-0.4, -0.2) is 12.8 Å². The summed E-state index contributed by atoms with van der Waals surface area (Å²) in [6, 6.07) is 6.37. The molecule has 1 N–H and O–H groups in total. The van der Waals surface area contributed by atoms with Gasteiger partial charge >= 0.3 is 0 Å². The van der Waals surface area contributed by atoms with Crippen molar-refractivity contribution in [2.24, 2.45) is 0 Å². The third-order valence-electron chi connectivity index (χ3n) is 2.49. The monoisotopic (exact) mass is 175 g/mol. The van der Waals surface area contributed by atoms with Gasteiger partial charge in [0.1, 0.15) is 6.29 Å². The molecule has 2 rings (SSSR count). The van der Waals surface area contributed by atoms with E-state index in [4.69, 9.17) is 0 Å². The molecule has 1 aromatic rings. The number of fused-ring (bicyclic) bond motifs is 1. The largest absolute Gasteiger partial charge is 0.378 e. The van der Waals surface area contributed by atoms with Gasteiger partial charge in [-0.1, -0.05) is 6.07 Å². The van der Waals surface area contributed by atoms with E-state index < -0.39 is 0 Å². The van der Waals surface area contributed by atoms with Crippen LogP contribution in [0.2, 0.25) is 0 Å². The maximum absolute atomic E-state index is 10.1. The molecule has 0 unspecified atom stereocenters. The molecule has 0 amide bonds. The molecule has 0 heterocycles. The molecule has 1 aliphatic rings. The van der Waals surface area contributed by atoms with E-state index in [0.717, 1.165) is 12.0 Å². The third kappa shape index (κ3) is 1.72. The number of rotatable bonds is 3. The van der Waals surface area contributed by atoms with Gasteiger partial charge in [-0.2, -0.15) is 0 Å². The fourth-order valence-corrected chi connectivity index (χ4v) is 1.84. The fourth-order valence-electron chi connectivity index (χ4n) is 1.84. The molecule has 1 aromatic carbocycles. The molecule has 0 bridgehead atoms. The number of hydrogen-bond donors (Lipinski definition) is 1. The Labute approximate surface area is 78.0 Å². The first kappa shape index (κ1) is 8.30. The lowest BCUT2D eigenvalue weighted by Gasteiger charge is -2.04. The van der Waals surface area contributed by atoms with Gasteiger partial charge in [0.25, 0.3) is 0 Å². The van der Waals surface area contributed by atoms with Gasteiger partial charge in [0.15, 0.2) is 0 Å². The normalized spacial score (nSPS) is 13.8. The van der Waals surface area contributed by atoms with Gasteiger partial charge in [0.05, 0.1) is 6.54 Å². The second-order valence-corrected chi connectivity index (χ2v) is 3.38. The lowest BCUT2D eigenvalue weighted by molar-refractivity contribution is -0.106. The van der Waals surface area contributed by atoms with E-state index >= 15 is 0 Å². The van der Waals surface area contributed by atoms with Gasteiger partial charge < -0.3 is 10.1 Å². The topological polar surface area (TPSA) is 29.1 Å². The van der Waals surface area contributed by atoms with E-state index in [1.54, 1.807) is 0 Å². The van der Waals surface area contributed by atoms with Crippen molar-refractivity contribution < 1.29 is 4.79 Å². The lowest BCUT2D eigenvalue weighted by Crippen LogP contribution is -2.02. The first-order valence-corrected chi connectivity index (χ1v) is 4.69. The van der Waals surface area contributed by atoms with E-state index in [2.05, 4.69) is 17.4 Å². The Bertz CT molecular complexity index is 320. The van der Waals surface area contributed by atoms with Gasteiger partial charge in [-0.15, -0.1) is 0 Å². The average molecular weight is 175 g/mol. The Balaban J connectivity index is 2.16.